The van der Waals surface area contributed by atoms with Crippen molar-refractivity contribution in [3.05, 3.63) is 35.6 Å². The lowest BCUT2D eigenvalue weighted by Gasteiger charge is -2.22. The summed E-state index contributed by atoms with van der Waals surface area (Å²) < 4.78 is 13.6. The van der Waals surface area contributed by atoms with Crippen molar-refractivity contribution in [2.75, 3.05) is 26.2 Å². The van der Waals surface area contributed by atoms with Gasteiger partial charge in [0, 0.05) is 38.5 Å². The maximum Gasteiger partial charge on any atom is 0.227 e. The number of nitrogens with zero attached hydrogens (tertiary/aromatic N) is 2. The third-order valence-corrected chi connectivity index (χ3v) is 5.62. The first-order valence-electron chi connectivity index (χ1n) is 8.92. The number of hydrogen-bond donors (Lipinski definition) is 0. The van der Waals surface area contributed by atoms with Gasteiger partial charge in [0.05, 0.1) is 5.92 Å². The number of benzene rings is 1. The van der Waals surface area contributed by atoms with Crippen molar-refractivity contribution in [2.45, 2.75) is 25.7 Å². The normalized spacial score (nSPS) is 26.1. The Kier molecular flexibility index (Phi) is 4.02. The molecule has 1 aromatic rings. The van der Waals surface area contributed by atoms with Gasteiger partial charge in [-0.05, 0) is 36.8 Å². The van der Waals surface area contributed by atoms with Gasteiger partial charge in [-0.25, -0.2) is 4.39 Å². The van der Waals surface area contributed by atoms with E-state index in [0.29, 0.717) is 37.4 Å². The molecule has 2 heterocycles. The molecule has 1 aromatic carbocycles. The summed E-state index contributed by atoms with van der Waals surface area (Å²) in [4.78, 5) is 28.7. The predicted octanol–water partition coefficient (Wildman–Crippen LogP) is 2.09. The SMILES string of the molecule is O=C(CCc1ccccc1F)N1C[C@H]2CN(CC3CC3)C(=O)[C@H]2C1. The maximum atomic E-state index is 13.6. The molecule has 1 aliphatic carbocycles. The molecule has 0 bridgehead atoms. The van der Waals surface area contributed by atoms with Gasteiger partial charge < -0.3 is 9.80 Å². The van der Waals surface area contributed by atoms with Gasteiger partial charge in [-0.2, -0.15) is 0 Å². The minimum absolute atomic E-state index is 0.0128. The maximum absolute atomic E-state index is 13.6. The minimum atomic E-state index is -0.255. The molecule has 3 fully saturated rings. The van der Waals surface area contributed by atoms with Crippen LogP contribution in [-0.2, 0) is 16.0 Å². The molecule has 2 amide bonds. The highest BCUT2D eigenvalue weighted by molar-refractivity contribution is 5.84. The van der Waals surface area contributed by atoms with Crippen molar-refractivity contribution in [2.24, 2.45) is 17.8 Å². The van der Waals surface area contributed by atoms with Crippen LogP contribution in [0.2, 0.25) is 0 Å². The number of halogens is 1. The number of likely N-dealkylation sites (tertiary alicyclic amines) is 2. The zero-order valence-corrected chi connectivity index (χ0v) is 13.8. The van der Waals surface area contributed by atoms with Crippen molar-refractivity contribution >= 4 is 11.8 Å². The number of carbonyl (C=O) groups excluding carboxylic acids is 2. The summed E-state index contributed by atoms with van der Waals surface area (Å²) in [5, 5.41) is 0. The minimum Gasteiger partial charge on any atom is -0.342 e. The van der Waals surface area contributed by atoms with E-state index in [0.717, 1.165) is 13.1 Å². The van der Waals surface area contributed by atoms with Gasteiger partial charge in [0.1, 0.15) is 5.82 Å². The lowest BCUT2D eigenvalue weighted by Crippen LogP contribution is -2.36. The molecule has 0 N–H and O–H groups in total. The fourth-order valence-corrected chi connectivity index (χ4v) is 4.02. The first kappa shape index (κ1) is 15.6. The average molecular weight is 330 g/mol. The van der Waals surface area contributed by atoms with E-state index in [1.54, 1.807) is 18.2 Å². The molecule has 2 saturated heterocycles. The van der Waals surface area contributed by atoms with Crippen LogP contribution in [0.5, 0.6) is 0 Å². The van der Waals surface area contributed by atoms with Gasteiger partial charge in [0.2, 0.25) is 11.8 Å². The van der Waals surface area contributed by atoms with E-state index in [1.165, 1.54) is 18.9 Å². The summed E-state index contributed by atoms with van der Waals surface area (Å²) in [5.41, 5.74) is 0.580. The summed E-state index contributed by atoms with van der Waals surface area (Å²) in [6.07, 6.45) is 3.22. The van der Waals surface area contributed by atoms with E-state index in [-0.39, 0.29) is 29.5 Å². The molecule has 0 unspecified atom stereocenters. The Hall–Kier alpha value is -1.91. The van der Waals surface area contributed by atoms with Gasteiger partial charge in [-0.15, -0.1) is 0 Å². The summed E-state index contributed by atoms with van der Waals surface area (Å²) in [6, 6.07) is 6.59. The second-order valence-electron chi connectivity index (χ2n) is 7.44. The predicted molar refractivity (Wildman–Crippen MR) is 87.6 cm³/mol. The van der Waals surface area contributed by atoms with Crippen molar-refractivity contribution in [1.82, 2.24) is 9.80 Å². The molecule has 0 aromatic heterocycles. The largest absolute Gasteiger partial charge is 0.342 e. The molecule has 24 heavy (non-hydrogen) atoms. The highest BCUT2D eigenvalue weighted by Crippen LogP contribution is 2.36. The number of rotatable bonds is 5. The van der Waals surface area contributed by atoms with Crippen LogP contribution >= 0.6 is 0 Å². The van der Waals surface area contributed by atoms with Crippen LogP contribution in [-0.4, -0.2) is 47.8 Å². The molecule has 4 nitrogen and oxygen atoms in total. The Balaban J connectivity index is 1.30. The van der Waals surface area contributed by atoms with Crippen molar-refractivity contribution in [3.8, 4) is 0 Å². The molecule has 5 heteroatoms. The smallest absolute Gasteiger partial charge is 0.227 e. The van der Waals surface area contributed by atoms with E-state index in [2.05, 4.69) is 0 Å². The molecule has 4 rings (SSSR count). The number of hydrogen-bond acceptors (Lipinski definition) is 2. The summed E-state index contributed by atoms with van der Waals surface area (Å²) in [6.45, 7) is 2.93. The fraction of sp³-hybridized carbons (Fsp3) is 0.579. The topological polar surface area (TPSA) is 40.6 Å². The first-order chi connectivity index (χ1) is 11.6. The molecule has 0 spiro atoms. The Morgan fingerprint density at radius 2 is 1.96 bits per heavy atom. The van der Waals surface area contributed by atoms with Gasteiger partial charge in [-0.3, -0.25) is 9.59 Å². The van der Waals surface area contributed by atoms with Gasteiger partial charge in [-0.1, -0.05) is 18.2 Å². The van der Waals surface area contributed by atoms with Crippen LogP contribution in [0.4, 0.5) is 4.39 Å². The number of amides is 2. The van der Waals surface area contributed by atoms with E-state index in [4.69, 9.17) is 0 Å². The lowest BCUT2D eigenvalue weighted by atomic mass is 10.0. The molecular formula is C19H23FN2O2. The Labute approximate surface area is 141 Å². The fourth-order valence-electron chi connectivity index (χ4n) is 4.02. The molecular weight excluding hydrogens is 307 g/mol. The summed E-state index contributed by atoms with van der Waals surface area (Å²) in [7, 11) is 0. The monoisotopic (exact) mass is 330 g/mol. The van der Waals surface area contributed by atoms with E-state index in [1.807, 2.05) is 9.80 Å². The van der Waals surface area contributed by atoms with Crippen LogP contribution in [0, 0.1) is 23.6 Å². The zero-order valence-electron chi connectivity index (χ0n) is 13.8. The van der Waals surface area contributed by atoms with Crippen LogP contribution < -0.4 is 0 Å². The molecule has 2 atom stereocenters. The molecule has 3 aliphatic rings. The summed E-state index contributed by atoms with van der Waals surface area (Å²) in [5.74, 6) is 1.00. The lowest BCUT2D eigenvalue weighted by molar-refractivity contribution is -0.133. The first-order valence-corrected chi connectivity index (χ1v) is 8.92. The van der Waals surface area contributed by atoms with Gasteiger partial charge >= 0.3 is 0 Å². The Morgan fingerprint density at radius 3 is 2.67 bits per heavy atom. The molecule has 2 aliphatic heterocycles. The van der Waals surface area contributed by atoms with Gasteiger partial charge in [0.25, 0.3) is 0 Å². The summed E-state index contributed by atoms with van der Waals surface area (Å²) >= 11 is 0. The third kappa shape index (κ3) is 3.04. The second kappa shape index (κ2) is 6.19. The number of carbonyl (C=O) groups is 2. The van der Waals surface area contributed by atoms with Crippen LogP contribution in [0.15, 0.2) is 24.3 Å². The van der Waals surface area contributed by atoms with Crippen LogP contribution in [0.1, 0.15) is 24.8 Å². The quantitative estimate of drug-likeness (QED) is 0.829. The van der Waals surface area contributed by atoms with Crippen molar-refractivity contribution in [3.63, 3.8) is 0 Å². The molecule has 1 saturated carbocycles. The molecule has 0 radical (unpaired) electrons. The number of fused-ring (bicyclic) bond motifs is 1. The Bertz CT molecular complexity index is 659. The van der Waals surface area contributed by atoms with Gasteiger partial charge in [0.15, 0.2) is 0 Å². The zero-order chi connectivity index (χ0) is 16.7. The van der Waals surface area contributed by atoms with Crippen LogP contribution in [0.25, 0.3) is 0 Å². The Morgan fingerprint density at radius 1 is 1.17 bits per heavy atom. The standard InChI is InChI=1S/C19H23FN2O2/c20-17-4-2-1-3-14(17)7-8-18(23)21-10-15-11-22(9-13-5-6-13)19(24)16(15)12-21/h1-4,13,15-16H,5-12H2/t15-,16-/m0/s1. The second-order valence-corrected chi connectivity index (χ2v) is 7.44. The number of aryl methyl sites for hydroxylation is 1. The van der Waals surface area contributed by atoms with E-state index >= 15 is 0 Å². The third-order valence-electron chi connectivity index (χ3n) is 5.62. The van der Waals surface area contributed by atoms with Crippen molar-refractivity contribution in [1.29, 1.82) is 0 Å². The average Bonchev–Trinajstić information content (AvgIpc) is 3.21. The van der Waals surface area contributed by atoms with Crippen LogP contribution in [0.3, 0.4) is 0 Å². The van der Waals surface area contributed by atoms with E-state index < -0.39 is 0 Å². The van der Waals surface area contributed by atoms with E-state index in [9.17, 15) is 14.0 Å². The molecule has 128 valence electrons. The highest BCUT2D eigenvalue weighted by Gasteiger charge is 2.47. The highest BCUT2D eigenvalue weighted by atomic mass is 19.1. The van der Waals surface area contributed by atoms with Crippen molar-refractivity contribution < 1.29 is 14.0 Å².